The predicted molar refractivity (Wildman–Crippen MR) is 99.7 cm³/mol. The smallest absolute Gasteiger partial charge is 0.243 e. The van der Waals surface area contributed by atoms with Gasteiger partial charge in [0, 0.05) is 19.1 Å². The fraction of sp³-hybridized carbons (Fsp3) is 0.647. The highest BCUT2D eigenvalue weighted by Crippen LogP contribution is 2.34. The average Bonchev–Trinajstić information content (AvgIpc) is 2.53. The molecule has 1 heterocycles. The van der Waals surface area contributed by atoms with Gasteiger partial charge in [0.15, 0.2) is 0 Å². The molecule has 0 spiro atoms. The number of methoxy groups -OCH3 is 1. The molecule has 0 aliphatic carbocycles. The quantitative estimate of drug-likeness (QED) is 0.857. The van der Waals surface area contributed by atoms with Gasteiger partial charge in [0.25, 0.3) is 0 Å². The fourth-order valence-electron chi connectivity index (χ4n) is 3.24. The molecule has 2 rings (SSSR count). The minimum absolute atomic E-state index is 0. The van der Waals surface area contributed by atoms with Crippen molar-refractivity contribution in [3.05, 3.63) is 23.3 Å². The maximum atomic E-state index is 13.2. The van der Waals surface area contributed by atoms with Crippen molar-refractivity contribution in [3.8, 4) is 5.75 Å². The van der Waals surface area contributed by atoms with E-state index < -0.39 is 10.0 Å². The van der Waals surface area contributed by atoms with Gasteiger partial charge < -0.3 is 10.5 Å². The number of halogens is 1. The Morgan fingerprint density at radius 2 is 2.00 bits per heavy atom. The predicted octanol–water partition coefficient (Wildman–Crippen LogP) is 3.05. The minimum atomic E-state index is -3.54. The van der Waals surface area contributed by atoms with E-state index in [1.165, 1.54) is 0 Å². The maximum Gasteiger partial charge on any atom is 0.243 e. The van der Waals surface area contributed by atoms with E-state index in [4.69, 9.17) is 10.5 Å². The molecule has 138 valence electrons. The van der Waals surface area contributed by atoms with Gasteiger partial charge in [-0.3, -0.25) is 0 Å². The van der Waals surface area contributed by atoms with Crippen molar-refractivity contribution >= 4 is 22.4 Å². The third-order valence-electron chi connectivity index (χ3n) is 4.58. The fourth-order valence-corrected chi connectivity index (χ4v) is 5.18. The van der Waals surface area contributed by atoms with Crippen LogP contribution in [0.5, 0.6) is 5.75 Å². The lowest BCUT2D eigenvalue weighted by atomic mass is 10.0. The Balaban J connectivity index is 0.00000288. The monoisotopic (exact) mass is 376 g/mol. The summed E-state index contributed by atoms with van der Waals surface area (Å²) >= 11 is 0. The standard InChI is InChI=1S/C17H28N2O3S.ClH/c1-12(2)15-10-17(13(3)9-16(15)22-4)23(20,21)19-8-6-5-7-14(19)11-18;/h9-10,12,14H,5-8,11,18H2,1-4H3;1H. The summed E-state index contributed by atoms with van der Waals surface area (Å²) in [6.45, 7) is 6.80. The number of aryl methyl sites for hydroxylation is 1. The van der Waals surface area contributed by atoms with Gasteiger partial charge in [-0.05, 0) is 48.9 Å². The van der Waals surface area contributed by atoms with Crippen LogP contribution in [-0.2, 0) is 10.0 Å². The molecule has 1 fully saturated rings. The molecule has 0 bridgehead atoms. The normalized spacial score (nSPS) is 19.2. The molecular formula is C17H29ClN2O3S. The first-order chi connectivity index (χ1) is 10.8. The number of nitrogens with two attached hydrogens (primary N) is 1. The van der Waals surface area contributed by atoms with Gasteiger partial charge in [0.2, 0.25) is 10.0 Å². The second-order valence-corrected chi connectivity index (χ2v) is 8.37. The summed E-state index contributed by atoms with van der Waals surface area (Å²) in [5.74, 6) is 0.927. The Hall–Kier alpha value is -0.820. The van der Waals surface area contributed by atoms with E-state index >= 15 is 0 Å². The molecular weight excluding hydrogens is 348 g/mol. The number of hydrogen-bond acceptors (Lipinski definition) is 4. The molecule has 2 N–H and O–H groups in total. The Morgan fingerprint density at radius 3 is 2.54 bits per heavy atom. The highest BCUT2D eigenvalue weighted by Gasteiger charge is 2.34. The third-order valence-corrected chi connectivity index (χ3v) is 6.67. The first-order valence-corrected chi connectivity index (χ1v) is 9.67. The molecule has 0 amide bonds. The van der Waals surface area contributed by atoms with Crippen LogP contribution in [-0.4, -0.2) is 39.0 Å². The van der Waals surface area contributed by atoms with E-state index in [1.807, 2.05) is 26.8 Å². The summed E-state index contributed by atoms with van der Waals surface area (Å²) < 4.78 is 33.4. The number of sulfonamides is 1. The van der Waals surface area contributed by atoms with Crippen molar-refractivity contribution in [1.82, 2.24) is 4.31 Å². The zero-order valence-corrected chi connectivity index (χ0v) is 16.5. The van der Waals surface area contributed by atoms with Crippen molar-refractivity contribution in [1.29, 1.82) is 0 Å². The number of ether oxygens (including phenoxy) is 1. The summed E-state index contributed by atoms with van der Waals surface area (Å²) in [6.07, 6.45) is 2.76. The molecule has 0 saturated carbocycles. The summed E-state index contributed by atoms with van der Waals surface area (Å²) in [7, 11) is -1.92. The van der Waals surface area contributed by atoms with Crippen molar-refractivity contribution in [2.75, 3.05) is 20.2 Å². The third kappa shape index (κ3) is 4.04. The van der Waals surface area contributed by atoms with E-state index in [0.29, 0.717) is 23.5 Å². The Labute approximate surface area is 152 Å². The molecule has 1 aliphatic rings. The van der Waals surface area contributed by atoms with Gasteiger partial charge in [-0.25, -0.2) is 8.42 Å². The number of hydrogen-bond donors (Lipinski definition) is 1. The molecule has 1 unspecified atom stereocenters. The summed E-state index contributed by atoms with van der Waals surface area (Å²) in [5, 5.41) is 0. The lowest BCUT2D eigenvalue weighted by Crippen LogP contribution is -2.47. The Kier molecular flexibility index (Phi) is 7.53. The molecule has 1 saturated heterocycles. The van der Waals surface area contributed by atoms with Crippen LogP contribution in [0.15, 0.2) is 17.0 Å². The van der Waals surface area contributed by atoms with Crippen LogP contribution >= 0.6 is 12.4 Å². The minimum Gasteiger partial charge on any atom is -0.496 e. The second-order valence-electron chi connectivity index (χ2n) is 6.52. The molecule has 24 heavy (non-hydrogen) atoms. The number of benzene rings is 1. The molecule has 1 aromatic carbocycles. The van der Waals surface area contributed by atoms with Crippen LogP contribution in [0.4, 0.5) is 0 Å². The van der Waals surface area contributed by atoms with Crippen LogP contribution in [0, 0.1) is 6.92 Å². The summed E-state index contributed by atoms with van der Waals surface area (Å²) in [5.41, 5.74) is 7.43. The van der Waals surface area contributed by atoms with Gasteiger partial charge in [0.05, 0.1) is 12.0 Å². The lowest BCUT2D eigenvalue weighted by molar-refractivity contribution is 0.257. The number of rotatable bonds is 5. The average molecular weight is 377 g/mol. The van der Waals surface area contributed by atoms with Gasteiger partial charge in [-0.1, -0.05) is 20.3 Å². The molecule has 7 heteroatoms. The van der Waals surface area contributed by atoms with Crippen LogP contribution in [0.2, 0.25) is 0 Å². The zero-order valence-electron chi connectivity index (χ0n) is 14.9. The second kappa shape index (κ2) is 8.52. The Bertz CT molecular complexity index is 662. The van der Waals surface area contributed by atoms with E-state index in [9.17, 15) is 8.42 Å². The largest absolute Gasteiger partial charge is 0.496 e. The molecule has 1 atom stereocenters. The van der Waals surface area contributed by atoms with Gasteiger partial charge in [0.1, 0.15) is 5.75 Å². The first-order valence-electron chi connectivity index (χ1n) is 8.23. The van der Waals surface area contributed by atoms with Crippen LogP contribution in [0.1, 0.15) is 50.2 Å². The highest BCUT2D eigenvalue weighted by atomic mass is 35.5. The van der Waals surface area contributed by atoms with Gasteiger partial charge in [-0.2, -0.15) is 4.31 Å². The van der Waals surface area contributed by atoms with Crippen LogP contribution in [0.3, 0.4) is 0 Å². The maximum absolute atomic E-state index is 13.2. The SMILES string of the molecule is COc1cc(C)c(S(=O)(=O)N2CCCCC2CN)cc1C(C)C.Cl. The Morgan fingerprint density at radius 1 is 1.33 bits per heavy atom. The number of nitrogens with zero attached hydrogens (tertiary/aromatic N) is 1. The van der Waals surface area contributed by atoms with Gasteiger partial charge in [-0.15, -0.1) is 12.4 Å². The van der Waals surface area contributed by atoms with Crippen molar-refractivity contribution in [2.45, 2.75) is 56.9 Å². The molecule has 1 aromatic rings. The van der Waals surface area contributed by atoms with E-state index in [-0.39, 0.29) is 24.4 Å². The van der Waals surface area contributed by atoms with E-state index in [1.54, 1.807) is 17.5 Å². The highest BCUT2D eigenvalue weighted by molar-refractivity contribution is 7.89. The van der Waals surface area contributed by atoms with Crippen molar-refractivity contribution < 1.29 is 13.2 Å². The first kappa shape index (κ1) is 21.2. The molecule has 5 nitrogen and oxygen atoms in total. The van der Waals surface area contributed by atoms with E-state index in [0.717, 1.165) is 30.6 Å². The van der Waals surface area contributed by atoms with Crippen LogP contribution in [0.25, 0.3) is 0 Å². The van der Waals surface area contributed by atoms with Crippen molar-refractivity contribution in [3.63, 3.8) is 0 Å². The molecule has 0 aromatic heterocycles. The molecule has 1 aliphatic heterocycles. The van der Waals surface area contributed by atoms with E-state index in [2.05, 4.69) is 0 Å². The zero-order chi connectivity index (χ0) is 17.2. The summed E-state index contributed by atoms with van der Waals surface area (Å²) in [6, 6.07) is 3.50. The summed E-state index contributed by atoms with van der Waals surface area (Å²) in [4.78, 5) is 0.377. The van der Waals surface area contributed by atoms with Crippen molar-refractivity contribution in [2.24, 2.45) is 5.73 Å². The number of piperidine rings is 1. The van der Waals surface area contributed by atoms with Gasteiger partial charge >= 0.3 is 0 Å². The lowest BCUT2D eigenvalue weighted by Gasteiger charge is -2.34. The molecule has 0 radical (unpaired) electrons. The van der Waals surface area contributed by atoms with Crippen LogP contribution < -0.4 is 10.5 Å². The topological polar surface area (TPSA) is 72.6 Å².